The molecule has 0 N–H and O–H groups in total. The lowest BCUT2D eigenvalue weighted by Gasteiger charge is -2.35. The van der Waals surface area contributed by atoms with Gasteiger partial charge in [0.2, 0.25) is 11.8 Å². The Balaban J connectivity index is 1.50. The normalized spacial score (nSPS) is 13.4. The minimum absolute atomic E-state index is 0.0774. The van der Waals surface area contributed by atoms with E-state index in [1.807, 2.05) is 30.3 Å². The van der Waals surface area contributed by atoms with Gasteiger partial charge in [-0.3, -0.25) is 19.4 Å². The first kappa shape index (κ1) is 22.0. The number of benzene rings is 1. The van der Waals surface area contributed by atoms with Gasteiger partial charge in [-0.1, -0.05) is 18.2 Å². The Morgan fingerprint density at radius 2 is 1.68 bits per heavy atom. The highest BCUT2D eigenvalue weighted by molar-refractivity contribution is 5.96. The summed E-state index contributed by atoms with van der Waals surface area (Å²) < 4.78 is 0. The molecule has 8 nitrogen and oxygen atoms in total. The van der Waals surface area contributed by atoms with Crippen LogP contribution in [0.3, 0.4) is 0 Å². The van der Waals surface area contributed by atoms with E-state index in [2.05, 4.69) is 11.1 Å². The first-order valence-corrected chi connectivity index (χ1v) is 10.3. The summed E-state index contributed by atoms with van der Waals surface area (Å²) >= 11 is 0. The van der Waals surface area contributed by atoms with Crippen molar-refractivity contribution in [1.29, 1.82) is 5.26 Å². The average Bonchev–Trinajstić information content (AvgIpc) is 2.83. The summed E-state index contributed by atoms with van der Waals surface area (Å²) in [5, 5.41) is 8.89. The number of aromatic nitrogens is 1. The molecule has 3 amide bonds. The Hall–Kier alpha value is -3.73. The van der Waals surface area contributed by atoms with Crippen molar-refractivity contribution in [2.45, 2.75) is 19.3 Å². The molecule has 3 rings (SSSR count). The highest BCUT2D eigenvalue weighted by Gasteiger charge is 2.25. The molecular formula is C23H25N5O3. The summed E-state index contributed by atoms with van der Waals surface area (Å²) in [6.45, 7) is 2.08. The standard InChI is InChI=1S/C23H25N5O3/c24-11-5-13-28(20-7-2-1-3-8-20)22(30)10-9-21(29)26-14-16-27(17-15-26)23(31)19-6-4-12-25-18-19/h1-4,6-8,12,18H,5,9-10,13-17H2. The van der Waals surface area contributed by atoms with Gasteiger partial charge in [0, 0.05) is 63.6 Å². The third kappa shape index (κ3) is 5.89. The molecule has 1 saturated heterocycles. The smallest absolute Gasteiger partial charge is 0.255 e. The first-order chi connectivity index (χ1) is 15.1. The van der Waals surface area contributed by atoms with Gasteiger partial charge in [-0.2, -0.15) is 5.26 Å². The Kier molecular flexibility index (Phi) is 7.71. The molecule has 1 aliphatic rings. The molecule has 2 heterocycles. The van der Waals surface area contributed by atoms with Crippen LogP contribution in [-0.2, 0) is 9.59 Å². The van der Waals surface area contributed by atoms with Crippen molar-refractivity contribution in [3.8, 4) is 6.07 Å². The van der Waals surface area contributed by atoms with E-state index in [-0.39, 0.29) is 37.0 Å². The van der Waals surface area contributed by atoms with Crippen LogP contribution in [-0.4, -0.2) is 65.2 Å². The van der Waals surface area contributed by atoms with E-state index in [0.29, 0.717) is 38.3 Å². The lowest BCUT2D eigenvalue weighted by Crippen LogP contribution is -2.50. The Morgan fingerprint density at radius 3 is 2.32 bits per heavy atom. The molecule has 0 atom stereocenters. The fraction of sp³-hybridized carbons (Fsp3) is 0.348. The molecule has 31 heavy (non-hydrogen) atoms. The van der Waals surface area contributed by atoms with Gasteiger partial charge in [-0.25, -0.2) is 0 Å². The minimum atomic E-state index is -0.180. The second-order valence-electron chi connectivity index (χ2n) is 7.20. The van der Waals surface area contributed by atoms with Crippen molar-refractivity contribution in [3.63, 3.8) is 0 Å². The predicted molar refractivity (Wildman–Crippen MR) is 115 cm³/mol. The monoisotopic (exact) mass is 419 g/mol. The number of anilines is 1. The van der Waals surface area contributed by atoms with Gasteiger partial charge in [0.05, 0.1) is 18.1 Å². The van der Waals surface area contributed by atoms with E-state index in [1.165, 1.54) is 6.20 Å². The molecule has 2 aromatic rings. The molecular weight excluding hydrogens is 394 g/mol. The van der Waals surface area contributed by atoms with Crippen LogP contribution in [0.1, 0.15) is 29.6 Å². The van der Waals surface area contributed by atoms with Gasteiger partial charge in [0.25, 0.3) is 5.91 Å². The van der Waals surface area contributed by atoms with Gasteiger partial charge in [-0.05, 0) is 24.3 Å². The zero-order valence-electron chi connectivity index (χ0n) is 17.3. The number of nitrogens with zero attached hydrogens (tertiary/aromatic N) is 5. The number of nitriles is 1. The topological polar surface area (TPSA) is 97.6 Å². The van der Waals surface area contributed by atoms with Crippen molar-refractivity contribution in [2.24, 2.45) is 0 Å². The van der Waals surface area contributed by atoms with Gasteiger partial charge >= 0.3 is 0 Å². The number of rotatable bonds is 7. The van der Waals surface area contributed by atoms with Crippen LogP contribution < -0.4 is 4.90 Å². The van der Waals surface area contributed by atoms with Gasteiger partial charge < -0.3 is 14.7 Å². The molecule has 1 aromatic heterocycles. The van der Waals surface area contributed by atoms with Gasteiger partial charge in [0.1, 0.15) is 0 Å². The lowest BCUT2D eigenvalue weighted by atomic mass is 10.2. The second kappa shape index (κ2) is 10.9. The van der Waals surface area contributed by atoms with Crippen molar-refractivity contribution < 1.29 is 14.4 Å². The van der Waals surface area contributed by atoms with Crippen LogP contribution >= 0.6 is 0 Å². The predicted octanol–water partition coefficient (Wildman–Crippen LogP) is 2.09. The third-order valence-electron chi connectivity index (χ3n) is 5.20. The minimum Gasteiger partial charge on any atom is -0.339 e. The maximum Gasteiger partial charge on any atom is 0.255 e. The summed E-state index contributed by atoms with van der Waals surface area (Å²) in [6.07, 6.45) is 3.56. The largest absolute Gasteiger partial charge is 0.339 e. The highest BCUT2D eigenvalue weighted by Crippen LogP contribution is 2.16. The zero-order valence-corrected chi connectivity index (χ0v) is 17.3. The quantitative estimate of drug-likeness (QED) is 0.685. The number of piperazine rings is 1. The molecule has 0 spiro atoms. The Labute approximate surface area is 181 Å². The maximum absolute atomic E-state index is 12.7. The maximum atomic E-state index is 12.7. The molecule has 8 heteroatoms. The van der Waals surface area contributed by atoms with Crippen molar-refractivity contribution >= 4 is 23.4 Å². The average molecular weight is 419 g/mol. The van der Waals surface area contributed by atoms with Crippen LogP contribution in [0.25, 0.3) is 0 Å². The number of carbonyl (C=O) groups is 3. The van der Waals surface area contributed by atoms with Crippen LogP contribution in [0.5, 0.6) is 0 Å². The van der Waals surface area contributed by atoms with E-state index >= 15 is 0 Å². The van der Waals surface area contributed by atoms with Crippen LogP contribution in [0, 0.1) is 11.3 Å². The molecule has 0 aliphatic carbocycles. The van der Waals surface area contributed by atoms with Crippen molar-refractivity contribution in [2.75, 3.05) is 37.6 Å². The molecule has 0 unspecified atom stereocenters. The van der Waals surface area contributed by atoms with E-state index in [9.17, 15) is 14.4 Å². The summed E-state index contributed by atoms with van der Waals surface area (Å²) in [5.74, 6) is -0.373. The number of para-hydroxylation sites is 1. The molecule has 0 bridgehead atoms. The third-order valence-corrected chi connectivity index (χ3v) is 5.20. The van der Waals surface area contributed by atoms with Crippen molar-refractivity contribution in [1.82, 2.24) is 14.8 Å². The van der Waals surface area contributed by atoms with E-state index in [0.717, 1.165) is 5.69 Å². The summed E-state index contributed by atoms with van der Waals surface area (Å²) in [6, 6.07) is 14.7. The van der Waals surface area contributed by atoms with Crippen molar-refractivity contribution in [3.05, 3.63) is 60.4 Å². The summed E-state index contributed by atoms with van der Waals surface area (Å²) in [5.41, 5.74) is 1.25. The Morgan fingerprint density at radius 1 is 0.968 bits per heavy atom. The van der Waals surface area contributed by atoms with E-state index in [4.69, 9.17) is 5.26 Å². The Bertz CT molecular complexity index is 935. The van der Waals surface area contributed by atoms with E-state index < -0.39 is 0 Å². The van der Waals surface area contributed by atoms with Gasteiger partial charge in [0.15, 0.2) is 0 Å². The van der Waals surface area contributed by atoms with Crippen LogP contribution in [0.4, 0.5) is 5.69 Å². The number of carbonyl (C=O) groups excluding carboxylic acids is 3. The molecule has 1 aliphatic heterocycles. The first-order valence-electron chi connectivity index (χ1n) is 10.3. The summed E-state index contributed by atoms with van der Waals surface area (Å²) in [7, 11) is 0. The fourth-order valence-corrected chi connectivity index (χ4v) is 3.51. The van der Waals surface area contributed by atoms with Crippen LogP contribution in [0.2, 0.25) is 0 Å². The number of amides is 3. The molecule has 1 fully saturated rings. The number of pyridine rings is 1. The zero-order chi connectivity index (χ0) is 22.1. The van der Waals surface area contributed by atoms with E-state index in [1.54, 1.807) is 33.0 Å². The number of hydrogen-bond donors (Lipinski definition) is 0. The molecule has 160 valence electrons. The molecule has 0 saturated carbocycles. The van der Waals surface area contributed by atoms with Crippen LogP contribution in [0.15, 0.2) is 54.9 Å². The van der Waals surface area contributed by atoms with Gasteiger partial charge in [-0.15, -0.1) is 0 Å². The summed E-state index contributed by atoms with van der Waals surface area (Å²) in [4.78, 5) is 46.8. The lowest BCUT2D eigenvalue weighted by molar-refractivity contribution is -0.134. The highest BCUT2D eigenvalue weighted by atomic mass is 16.2. The number of hydrogen-bond acceptors (Lipinski definition) is 5. The second-order valence-corrected chi connectivity index (χ2v) is 7.20. The SMILES string of the molecule is N#CCCN(C(=O)CCC(=O)N1CCN(C(=O)c2cccnc2)CC1)c1ccccc1. The molecule has 0 radical (unpaired) electrons. The molecule has 1 aromatic carbocycles. The fourth-order valence-electron chi connectivity index (χ4n) is 3.51.